The number of methoxy groups -OCH3 is 1. The Labute approximate surface area is 105 Å². The molecule has 1 saturated heterocycles. The van der Waals surface area contributed by atoms with Crippen LogP contribution >= 0.6 is 15.9 Å². The van der Waals surface area contributed by atoms with Crippen LogP contribution in [0.1, 0.15) is 13.3 Å². The first-order valence-electron chi connectivity index (χ1n) is 5.59. The van der Waals surface area contributed by atoms with Crippen LogP contribution in [0.2, 0.25) is 0 Å². The van der Waals surface area contributed by atoms with Crippen LogP contribution in [0.4, 0.5) is 5.69 Å². The third-order valence-electron chi connectivity index (χ3n) is 3.30. The highest BCUT2D eigenvalue weighted by Gasteiger charge is 2.30. The Kier molecular flexibility index (Phi) is 3.69. The summed E-state index contributed by atoms with van der Waals surface area (Å²) in [4.78, 5) is 6.57. The molecule has 2 rings (SSSR count). The molecule has 1 aliphatic heterocycles. The predicted molar refractivity (Wildman–Crippen MR) is 69.5 cm³/mol. The lowest BCUT2D eigenvalue weighted by Crippen LogP contribution is -2.33. The normalized spacial score (nSPS) is 24.8. The summed E-state index contributed by atoms with van der Waals surface area (Å²) in [6.45, 7) is 3.43. The first-order valence-corrected chi connectivity index (χ1v) is 6.71. The maximum Gasteiger partial charge on any atom is 0.214 e. The van der Waals surface area contributed by atoms with Crippen molar-refractivity contribution in [1.82, 2.24) is 4.98 Å². The van der Waals surface area contributed by atoms with E-state index in [0.29, 0.717) is 11.9 Å². The van der Waals surface area contributed by atoms with Gasteiger partial charge in [0, 0.05) is 35.9 Å². The van der Waals surface area contributed by atoms with Gasteiger partial charge in [0.15, 0.2) is 0 Å². The second-order valence-corrected chi connectivity index (χ2v) is 4.88. The van der Waals surface area contributed by atoms with Crippen molar-refractivity contribution in [3.8, 4) is 5.88 Å². The van der Waals surface area contributed by atoms with Crippen molar-refractivity contribution in [2.24, 2.45) is 5.92 Å². The van der Waals surface area contributed by atoms with Gasteiger partial charge < -0.3 is 9.64 Å². The van der Waals surface area contributed by atoms with E-state index in [1.54, 1.807) is 7.11 Å². The highest BCUT2D eigenvalue weighted by molar-refractivity contribution is 9.09. The Morgan fingerprint density at radius 2 is 2.44 bits per heavy atom. The minimum absolute atomic E-state index is 0.576. The average Bonchev–Trinajstić information content (AvgIpc) is 2.70. The van der Waals surface area contributed by atoms with Crippen LogP contribution in [0.25, 0.3) is 0 Å². The van der Waals surface area contributed by atoms with Gasteiger partial charge in [-0.15, -0.1) is 0 Å². The molecule has 16 heavy (non-hydrogen) atoms. The van der Waals surface area contributed by atoms with Crippen LogP contribution in [0.3, 0.4) is 0 Å². The third kappa shape index (κ3) is 2.17. The number of aromatic nitrogens is 1. The lowest BCUT2D eigenvalue weighted by Gasteiger charge is -2.27. The van der Waals surface area contributed by atoms with E-state index in [1.165, 1.54) is 12.1 Å². The third-order valence-corrected chi connectivity index (χ3v) is 3.96. The molecule has 0 radical (unpaired) electrons. The molecule has 0 spiro atoms. The van der Waals surface area contributed by atoms with Crippen LogP contribution in [0, 0.1) is 5.92 Å². The first-order chi connectivity index (χ1) is 7.76. The number of nitrogens with zero attached hydrogens (tertiary/aromatic N) is 2. The summed E-state index contributed by atoms with van der Waals surface area (Å²) in [5.74, 6) is 1.42. The molecule has 1 aliphatic rings. The van der Waals surface area contributed by atoms with Gasteiger partial charge in [-0.25, -0.2) is 4.98 Å². The second-order valence-electron chi connectivity index (χ2n) is 4.24. The van der Waals surface area contributed by atoms with Gasteiger partial charge >= 0.3 is 0 Å². The van der Waals surface area contributed by atoms with E-state index >= 15 is 0 Å². The second kappa shape index (κ2) is 5.04. The summed E-state index contributed by atoms with van der Waals surface area (Å²) in [7, 11) is 1.65. The molecule has 0 aromatic carbocycles. The average molecular weight is 285 g/mol. The molecule has 0 N–H and O–H groups in total. The van der Waals surface area contributed by atoms with Gasteiger partial charge in [0.05, 0.1) is 7.11 Å². The van der Waals surface area contributed by atoms with E-state index in [9.17, 15) is 0 Å². The smallest absolute Gasteiger partial charge is 0.214 e. The molecule has 88 valence electrons. The molecule has 4 heteroatoms. The van der Waals surface area contributed by atoms with E-state index in [0.717, 1.165) is 17.8 Å². The molecule has 2 heterocycles. The van der Waals surface area contributed by atoms with Crippen molar-refractivity contribution in [3.63, 3.8) is 0 Å². The Morgan fingerprint density at radius 3 is 3.12 bits per heavy atom. The van der Waals surface area contributed by atoms with Gasteiger partial charge in [0.1, 0.15) is 0 Å². The van der Waals surface area contributed by atoms with Crippen molar-refractivity contribution in [3.05, 3.63) is 18.3 Å². The molecule has 0 amide bonds. The van der Waals surface area contributed by atoms with Gasteiger partial charge in [-0.2, -0.15) is 0 Å². The number of hydrogen-bond acceptors (Lipinski definition) is 3. The summed E-state index contributed by atoms with van der Waals surface area (Å²) < 4.78 is 5.16. The molecule has 1 aromatic heterocycles. The number of hydrogen-bond donors (Lipinski definition) is 0. The molecular formula is C12H17BrN2O. The fourth-order valence-corrected chi connectivity index (χ4v) is 3.24. The SMILES string of the molecule is COc1cc(N2CCC(C)C2CBr)ccn1. The topological polar surface area (TPSA) is 25.4 Å². The summed E-state index contributed by atoms with van der Waals surface area (Å²) in [6, 6.07) is 4.64. The number of rotatable bonds is 3. The van der Waals surface area contributed by atoms with Gasteiger partial charge in [0.25, 0.3) is 0 Å². The Balaban J connectivity index is 2.22. The maximum atomic E-state index is 5.16. The van der Waals surface area contributed by atoms with E-state index in [4.69, 9.17) is 4.74 Å². The van der Waals surface area contributed by atoms with Crippen LogP contribution in [0.5, 0.6) is 5.88 Å². The maximum absolute atomic E-state index is 5.16. The number of ether oxygens (including phenoxy) is 1. The molecule has 0 saturated carbocycles. The summed E-state index contributed by atoms with van der Waals surface area (Å²) in [5.41, 5.74) is 1.21. The van der Waals surface area contributed by atoms with Crippen LogP contribution < -0.4 is 9.64 Å². The van der Waals surface area contributed by atoms with Gasteiger partial charge in [0.2, 0.25) is 5.88 Å². The van der Waals surface area contributed by atoms with Gasteiger partial charge in [-0.05, 0) is 18.4 Å². The minimum atomic E-state index is 0.576. The highest BCUT2D eigenvalue weighted by atomic mass is 79.9. The summed E-state index contributed by atoms with van der Waals surface area (Å²) in [5, 5.41) is 1.01. The number of halogens is 1. The molecule has 3 nitrogen and oxygen atoms in total. The first kappa shape index (κ1) is 11.7. The quantitative estimate of drug-likeness (QED) is 0.798. The number of alkyl halides is 1. The molecule has 0 aliphatic carbocycles. The van der Waals surface area contributed by atoms with Gasteiger partial charge in [-0.1, -0.05) is 22.9 Å². The van der Waals surface area contributed by atoms with E-state index in [2.05, 4.69) is 38.8 Å². The van der Waals surface area contributed by atoms with E-state index < -0.39 is 0 Å². The van der Waals surface area contributed by atoms with Crippen molar-refractivity contribution < 1.29 is 4.74 Å². The number of pyridine rings is 1. The van der Waals surface area contributed by atoms with Crippen LogP contribution in [-0.2, 0) is 0 Å². The molecular weight excluding hydrogens is 268 g/mol. The zero-order valence-electron chi connectivity index (χ0n) is 9.69. The molecule has 1 aromatic rings. The molecule has 1 fully saturated rings. The van der Waals surface area contributed by atoms with Crippen LogP contribution in [0.15, 0.2) is 18.3 Å². The lowest BCUT2D eigenvalue weighted by atomic mass is 10.1. The fourth-order valence-electron chi connectivity index (χ4n) is 2.25. The summed E-state index contributed by atoms with van der Waals surface area (Å²) >= 11 is 3.60. The Hall–Kier alpha value is -0.770. The zero-order chi connectivity index (χ0) is 11.5. The summed E-state index contributed by atoms with van der Waals surface area (Å²) in [6.07, 6.45) is 3.06. The highest BCUT2D eigenvalue weighted by Crippen LogP contribution is 2.31. The fraction of sp³-hybridized carbons (Fsp3) is 0.583. The largest absolute Gasteiger partial charge is 0.481 e. The predicted octanol–water partition coefficient (Wildman–Crippen LogP) is 2.70. The number of anilines is 1. The van der Waals surface area contributed by atoms with Crippen molar-refractivity contribution in [1.29, 1.82) is 0 Å². The van der Waals surface area contributed by atoms with Crippen molar-refractivity contribution >= 4 is 21.6 Å². The standard InChI is InChI=1S/C12H17BrN2O/c1-9-4-6-15(11(9)8-13)10-3-5-14-12(7-10)16-2/h3,5,7,9,11H,4,6,8H2,1-2H3. The van der Waals surface area contributed by atoms with Crippen molar-refractivity contribution in [2.75, 3.05) is 23.9 Å². The van der Waals surface area contributed by atoms with Crippen molar-refractivity contribution in [2.45, 2.75) is 19.4 Å². The van der Waals surface area contributed by atoms with E-state index in [-0.39, 0.29) is 0 Å². The monoisotopic (exact) mass is 284 g/mol. The van der Waals surface area contributed by atoms with E-state index in [1.807, 2.05) is 12.3 Å². The minimum Gasteiger partial charge on any atom is -0.481 e. The molecule has 2 unspecified atom stereocenters. The molecule has 2 atom stereocenters. The zero-order valence-corrected chi connectivity index (χ0v) is 11.3. The molecule has 0 bridgehead atoms. The Bertz CT molecular complexity index is 359. The lowest BCUT2D eigenvalue weighted by molar-refractivity contribution is 0.398. The van der Waals surface area contributed by atoms with Gasteiger partial charge in [-0.3, -0.25) is 0 Å². The Morgan fingerprint density at radius 1 is 1.62 bits per heavy atom. The van der Waals surface area contributed by atoms with Crippen LogP contribution in [-0.4, -0.2) is 30.0 Å².